The fourth-order valence-electron chi connectivity index (χ4n) is 6.36. The molecule has 1 saturated heterocycles. The molecule has 6 nitrogen and oxygen atoms in total. The van der Waals surface area contributed by atoms with Crippen molar-refractivity contribution in [2.24, 2.45) is 16.7 Å². The maximum atomic E-state index is 13.4. The number of aryl methyl sites for hydroxylation is 1. The number of ether oxygens (including phenoxy) is 1. The average molecular weight is 449 g/mol. The lowest BCUT2D eigenvalue weighted by Crippen LogP contribution is -2.52. The zero-order valence-corrected chi connectivity index (χ0v) is 20.4. The summed E-state index contributed by atoms with van der Waals surface area (Å²) in [6.45, 7) is 13.0. The molecular formula is C24H36N2O4S. The van der Waals surface area contributed by atoms with E-state index in [9.17, 15) is 13.2 Å². The smallest absolute Gasteiger partial charge is 0.251 e. The van der Waals surface area contributed by atoms with Crippen molar-refractivity contribution in [2.45, 2.75) is 84.0 Å². The Morgan fingerprint density at radius 1 is 1.16 bits per heavy atom. The van der Waals surface area contributed by atoms with Gasteiger partial charge < -0.3 is 10.1 Å². The fourth-order valence-corrected chi connectivity index (χ4v) is 8.20. The molecule has 1 heterocycles. The van der Waals surface area contributed by atoms with Gasteiger partial charge in [-0.15, -0.1) is 0 Å². The van der Waals surface area contributed by atoms with E-state index in [4.69, 9.17) is 4.74 Å². The van der Waals surface area contributed by atoms with Gasteiger partial charge in [0.25, 0.3) is 5.91 Å². The largest absolute Gasteiger partial charge is 0.373 e. The predicted octanol–water partition coefficient (Wildman–Crippen LogP) is 3.74. The first kappa shape index (κ1) is 22.7. The Labute approximate surface area is 186 Å². The van der Waals surface area contributed by atoms with Gasteiger partial charge in [-0.1, -0.05) is 26.8 Å². The molecule has 1 aromatic carbocycles. The lowest BCUT2D eigenvalue weighted by atomic mass is 9.68. The maximum absolute atomic E-state index is 13.4. The van der Waals surface area contributed by atoms with Gasteiger partial charge in [-0.05, 0) is 74.5 Å². The summed E-state index contributed by atoms with van der Waals surface area (Å²) in [6.07, 6.45) is 3.18. The zero-order valence-electron chi connectivity index (χ0n) is 19.6. The molecular weight excluding hydrogens is 412 g/mol. The summed E-state index contributed by atoms with van der Waals surface area (Å²) in [5.41, 5.74) is 1.21. The SMILES string of the molecule is Cc1ccc(C(=O)N[C@H]2C(C)(C)[C@@H]3CC[C@@]2(C)C3)cc1S(=O)(=O)N1CC(C)OC(C)C1. The fraction of sp³-hybridized carbons (Fsp3) is 0.708. The number of nitrogens with one attached hydrogen (secondary N) is 1. The molecule has 1 amide bonds. The van der Waals surface area contributed by atoms with Crippen LogP contribution in [0.1, 0.15) is 69.8 Å². The topological polar surface area (TPSA) is 75.7 Å². The molecule has 3 aliphatic rings. The van der Waals surface area contributed by atoms with Crippen LogP contribution in [0, 0.1) is 23.7 Å². The summed E-state index contributed by atoms with van der Waals surface area (Å²) in [5, 5.41) is 3.28. The molecule has 172 valence electrons. The lowest BCUT2D eigenvalue weighted by Gasteiger charge is -2.43. The van der Waals surface area contributed by atoms with Crippen molar-refractivity contribution in [2.75, 3.05) is 13.1 Å². The van der Waals surface area contributed by atoms with E-state index in [1.165, 1.54) is 10.7 Å². The van der Waals surface area contributed by atoms with Crippen molar-refractivity contribution in [3.05, 3.63) is 29.3 Å². The van der Waals surface area contributed by atoms with Crippen molar-refractivity contribution in [1.82, 2.24) is 9.62 Å². The maximum Gasteiger partial charge on any atom is 0.251 e. The highest BCUT2D eigenvalue weighted by Crippen LogP contribution is 2.62. The third-order valence-corrected chi connectivity index (χ3v) is 9.97. The Bertz CT molecular complexity index is 975. The van der Waals surface area contributed by atoms with E-state index in [-0.39, 0.29) is 39.9 Å². The van der Waals surface area contributed by atoms with Crippen LogP contribution in [0.5, 0.6) is 0 Å². The van der Waals surface area contributed by atoms with Gasteiger partial charge in [0.15, 0.2) is 0 Å². The molecule has 0 radical (unpaired) electrons. The van der Waals surface area contributed by atoms with E-state index in [0.29, 0.717) is 30.1 Å². The minimum Gasteiger partial charge on any atom is -0.373 e. The van der Waals surface area contributed by atoms with Crippen LogP contribution in [0.4, 0.5) is 0 Å². The highest BCUT2D eigenvalue weighted by molar-refractivity contribution is 7.89. The van der Waals surface area contributed by atoms with Gasteiger partial charge in [-0.3, -0.25) is 4.79 Å². The Morgan fingerprint density at radius 2 is 1.81 bits per heavy atom. The van der Waals surface area contributed by atoms with Crippen LogP contribution in [-0.4, -0.2) is 50.0 Å². The van der Waals surface area contributed by atoms with Crippen LogP contribution in [0.25, 0.3) is 0 Å². The molecule has 4 rings (SSSR count). The normalized spacial score (nSPS) is 35.3. The third kappa shape index (κ3) is 3.83. The predicted molar refractivity (Wildman–Crippen MR) is 120 cm³/mol. The summed E-state index contributed by atoms with van der Waals surface area (Å²) in [6, 6.07) is 5.11. The van der Waals surface area contributed by atoms with Crippen LogP contribution in [-0.2, 0) is 14.8 Å². The van der Waals surface area contributed by atoms with Gasteiger partial charge >= 0.3 is 0 Å². The first-order chi connectivity index (χ1) is 14.3. The third-order valence-electron chi connectivity index (χ3n) is 8.00. The lowest BCUT2D eigenvalue weighted by molar-refractivity contribution is -0.0441. The second kappa shape index (κ2) is 7.56. The number of carbonyl (C=O) groups excluding carboxylic acids is 1. The van der Waals surface area contributed by atoms with Gasteiger partial charge in [-0.2, -0.15) is 4.31 Å². The van der Waals surface area contributed by atoms with Crippen molar-refractivity contribution in [3.63, 3.8) is 0 Å². The Morgan fingerprint density at radius 3 is 2.39 bits per heavy atom. The number of hydrogen-bond acceptors (Lipinski definition) is 4. The van der Waals surface area contributed by atoms with E-state index in [0.717, 1.165) is 12.8 Å². The van der Waals surface area contributed by atoms with Crippen molar-refractivity contribution in [3.8, 4) is 0 Å². The second-order valence-electron chi connectivity index (χ2n) is 10.9. The Hall–Kier alpha value is -1.44. The van der Waals surface area contributed by atoms with Crippen LogP contribution in [0.3, 0.4) is 0 Å². The molecule has 31 heavy (non-hydrogen) atoms. The van der Waals surface area contributed by atoms with Gasteiger partial charge in [0.05, 0.1) is 17.1 Å². The van der Waals surface area contributed by atoms with E-state index < -0.39 is 10.0 Å². The summed E-state index contributed by atoms with van der Waals surface area (Å²) in [5.74, 6) is 0.439. The Kier molecular flexibility index (Phi) is 5.55. The molecule has 2 saturated carbocycles. The summed E-state index contributed by atoms with van der Waals surface area (Å²) >= 11 is 0. The number of benzene rings is 1. The number of hydrogen-bond donors (Lipinski definition) is 1. The first-order valence-corrected chi connectivity index (χ1v) is 12.9. The molecule has 2 unspecified atom stereocenters. The van der Waals surface area contributed by atoms with E-state index in [2.05, 4.69) is 26.1 Å². The zero-order chi connectivity index (χ0) is 22.8. The number of carbonyl (C=O) groups is 1. The number of morpholine rings is 1. The number of rotatable bonds is 4. The monoisotopic (exact) mass is 448 g/mol. The highest BCUT2D eigenvalue weighted by atomic mass is 32.2. The first-order valence-electron chi connectivity index (χ1n) is 11.4. The van der Waals surface area contributed by atoms with Crippen LogP contribution < -0.4 is 5.32 Å². The van der Waals surface area contributed by atoms with Crippen molar-refractivity contribution >= 4 is 15.9 Å². The molecule has 0 aromatic heterocycles. The van der Waals surface area contributed by atoms with Crippen molar-refractivity contribution in [1.29, 1.82) is 0 Å². The van der Waals surface area contributed by atoms with Gasteiger partial charge in [0.1, 0.15) is 0 Å². The van der Waals surface area contributed by atoms with Crippen LogP contribution >= 0.6 is 0 Å². The van der Waals surface area contributed by atoms with Gasteiger partial charge in [0, 0.05) is 24.7 Å². The average Bonchev–Trinajstić information content (AvgIpc) is 3.15. The number of nitrogens with zero attached hydrogens (tertiary/aromatic N) is 1. The summed E-state index contributed by atoms with van der Waals surface area (Å²) in [7, 11) is -3.71. The standard InChI is InChI=1S/C24H36N2O4S/c1-15-7-8-18(11-20(15)31(28,29)26-13-16(2)30-17(3)14-26)21(27)25-22-23(4,5)19-9-10-24(22,6)12-19/h7-8,11,16-17,19,22H,9-10,12-14H2,1-6H3,(H,25,27)/t16?,17?,19-,22+,24+/m1/s1. The number of fused-ring (bicyclic) bond motifs is 2. The quantitative estimate of drug-likeness (QED) is 0.761. The molecule has 1 aliphatic heterocycles. The molecule has 0 spiro atoms. The molecule has 5 atom stereocenters. The molecule has 7 heteroatoms. The number of sulfonamides is 1. The van der Waals surface area contributed by atoms with E-state index in [1.54, 1.807) is 25.1 Å². The molecule has 1 N–H and O–H groups in total. The summed E-state index contributed by atoms with van der Waals surface area (Å²) in [4.78, 5) is 13.4. The highest BCUT2D eigenvalue weighted by Gasteiger charge is 2.59. The van der Waals surface area contributed by atoms with E-state index >= 15 is 0 Å². The van der Waals surface area contributed by atoms with Gasteiger partial charge in [0.2, 0.25) is 10.0 Å². The minimum absolute atomic E-state index is 0.0440. The molecule has 2 aliphatic carbocycles. The summed E-state index contributed by atoms with van der Waals surface area (Å²) < 4.78 is 34.0. The van der Waals surface area contributed by atoms with Crippen LogP contribution in [0.15, 0.2) is 23.1 Å². The van der Waals surface area contributed by atoms with E-state index in [1.807, 2.05) is 13.8 Å². The van der Waals surface area contributed by atoms with Gasteiger partial charge in [-0.25, -0.2) is 8.42 Å². The van der Waals surface area contributed by atoms with Crippen LogP contribution in [0.2, 0.25) is 0 Å². The molecule has 1 aromatic rings. The number of amides is 1. The van der Waals surface area contributed by atoms with Crippen molar-refractivity contribution < 1.29 is 17.9 Å². The second-order valence-corrected chi connectivity index (χ2v) is 12.8. The molecule has 3 fully saturated rings. The minimum atomic E-state index is -3.71. The molecule has 2 bridgehead atoms. The Balaban J connectivity index is 1.60.